The maximum Gasteiger partial charge on any atom is 0.276 e. The molecule has 1 atom stereocenters. The maximum atomic E-state index is 13.7. The van der Waals surface area contributed by atoms with Gasteiger partial charge in [0.15, 0.2) is 0 Å². The van der Waals surface area contributed by atoms with Gasteiger partial charge in [-0.1, -0.05) is 30.3 Å². The van der Waals surface area contributed by atoms with Crippen LogP contribution in [0.2, 0.25) is 0 Å². The van der Waals surface area contributed by atoms with E-state index in [-0.39, 0.29) is 11.9 Å². The van der Waals surface area contributed by atoms with Crippen molar-refractivity contribution in [2.24, 2.45) is 7.05 Å². The minimum Gasteiger partial charge on any atom is -0.497 e. The van der Waals surface area contributed by atoms with Gasteiger partial charge < -0.3 is 14.0 Å². The van der Waals surface area contributed by atoms with Gasteiger partial charge in [0.25, 0.3) is 5.91 Å². The highest BCUT2D eigenvalue weighted by Crippen LogP contribution is 2.46. The molecule has 5 nitrogen and oxygen atoms in total. The largest absolute Gasteiger partial charge is 0.497 e. The summed E-state index contributed by atoms with van der Waals surface area (Å²) in [5.74, 6) is 1.54. The number of aromatic nitrogens is 1. The number of anilines is 1. The SMILES string of the molecule is COc1ccc([C@H]2c3c(n(C)c4ccccc34)C(=O)N2c2ccc(OC)cc2)cc1. The summed E-state index contributed by atoms with van der Waals surface area (Å²) < 4.78 is 12.6. The Hall–Kier alpha value is -3.73. The van der Waals surface area contributed by atoms with Crippen LogP contribution in [0.4, 0.5) is 5.69 Å². The normalized spacial score (nSPS) is 15.5. The van der Waals surface area contributed by atoms with Crippen LogP contribution in [0.25, 0.3) is 10.9 Å². The number of para-hydroxylation sites is 1. The summed E-state index contributed by atoms with van der Waals surface area (Å²) in [4.78, 5) is 15.6. The first-order valence-electron chi connectivity index (χ1n) is 9.83. The van der Waals surface area contributed by atoms with Crippen molar-refractivity contribution in [3.8, 4) is 11.5 Å². The Kier molecular flexibility index (Phi) is 4.24. The second-order valence-electron chi connectivity index (χ2n) is 7.39. The molecule has 0 saturated heterocycles. The maximum absolute atomic E-state index is 13.7. The lowest BCUT2D eigenvalue weighted by atomic mass is 9.97. The Morgan fingerprint density at radius 2 is 1.40 bits per heavy atom. The summed E-state index contributed by atoms with van der Waals surface area (Å²) in [5.41, 5.74) is 4.70. The summed E-state index contributed by atoms with van der Waals surface area (Å²) in [6.07, 6.45) is 0. The number of nitrogens with zero attached hydrogens (tertiary/aromatic N) is 2. The molecule has 0 bridgehead atoms. The number of rotatable bonds is 4. The van der Waals surface area contributed by atoms with E-state index in [0.29, 0.717) is 0 Å². The average Bonchev–Trinajstić information content (AvgIpc) is 3.27. The Morgan fingerprint density at radius 3 is 2.03 bits per heavy atom. The number of methoxy groups -OCH3 is 2. The van der Waals surface area contributed by atoms with E-state index in [4.69, 9.17) is 9.47 Å². The molecule has 1 aliphatic heterocycles. The molecule has 5 rings (SSSR count). The fourth-order valence-corrected chi connectivity index (χ4v) is 4.43. The van der Waals surface area contributed by atoms with E-state index in [1.807, 2.05) is 77.2 Å². The minimum absolute atomic E-state index is 0.00492. The molecule has 0 aliphatic carbocycles. The van der Waals surface area contributed by atoms with Gasteiger partial charge in [0.1, 0.15) is 17.2 Å². The number of hydrogen-bond donors (Lipinski definition) is 0. The highest BCUT2D eigenvalue weighted by Gasteiger charge is 2.42. The van der Waals surface area contributed by atoms with Crippen molar-refractivity contribution in [2.75, 3.05) is 19.1 Å². The van der Waals surface area contributed by atoms with E-state index in [9.17, 15) is 4.79 Å². The van der Waals surface area contributed by atoms with Crippen molar-refractivity contribution in [3.63, 3.8) is 0 Å². The highest BCUT2D eigenvalue weighted by atomic mass is 16.5. The molecule has 0 spiro atoms. The zero-order valence-electron chi connectivity index (χ0n) is 17.1. The third-order valence-corrected chi connectivity index (χ3v) is 5.88. The molecular formula is C25H22N2O3. The number of fused-ring (bicyclic) bond motifs is 3. The van der Waals surface area contributed by atoms with E-state index in [2.05, 4.69) is 12.1 Å². The van der Waals surface area contributed by atoms with Crippen LogP contribution in [0.3, 0.4) is 0 Å². The molecule has 5 heteroatoms. The van der Waals surface area contributed by atoms with Gasteiger partial charge in [-0.25, -0.2) is 0 Å². The zero-order chi connectivity index (χ0) is 20.8. The van der Waals surface area contributed by atoms with Crippen molar-refractivity contribution in [1.29, 1.82) is 0 Å². The summed E-state index contributed by atoms with van der Waals surface area (Å²) in [6, 6.07) is 23.5. The van der Waals surface area contributed by atoms with E-state index in [1.165, 1.54) is 0 Å². The summed E-state index contributed by atoms with van der Waals surface area (Å²) in [6.45, 7) is 0. The van der Waals surface area contributed by atoms with E-state index >= 15 is 0 Å². The topological polar surface area (TPSA) is 43.7 Å². The molecule has 0 saturated carbocycles. The minimum atomic E-state index is -0.224. The molecule has 3 aromatic carbocycles. The molecule has 4 aromatic rings. The monoisotopic (exact) mass is 398 g/mol. The number of aryl methyl sites for hydroxylation is 1. The number of benzene rings is 3. The molecule has 0 unspecified atom stereocenters. The summed E-state index contributed by atoms with van der Waals surface area (Å²) in [5, 5.41) is 1.10. The van der Waals surface area contributed by atoms with Gasteiger partial charge in [-0.05, 0) is 48.0 Å². The van der Waals surface area contributed by atoms with Crippen molar-refractivity contribution >= 4 is 22.5 Å². The lowest BCUT2D eigenvalue weighted by Gasteiger charge is -2.27. The molecule has 150 valence electrons. The van der Waals surface area contributed by atoms with Gasteiger partial charge in [-0.15, -0.1) is 0 Å². The third-order valence-electron chi connectivity index (χ3n) is 5.88. The number of carbonyl (C=O) groups excluding carboxylic acids is 1. The first-order chi connectivity index (χ1) is 14.6. The average molecular weight is 398 g/mol. The van der Waals surface area contributed by atoms with Gasteiger partial charge in [0, 0.05) is 29.2 Å². The van der Waals surface area contributed by atoms with Crippen LogP contribution < -0.4 is 14.4 Å². The van der Waals surface area contributed by atoms with E-state index in [0.717, 1.165) is 44.9 Å². The predicted octanol–water partition coefficient (Wildman–Crippen LogP) is 4.95. The fourth-order valence-electron chi connectivity index (χ4n) is 4.43. The molecule has 0 fully saturated rings. The second kappa shape index (κ2) is 6.95. The third kappa shape index (κ3) is 2.59. The smallest absolute Gasteiger partial charge is 0.276 e. The van der Waals surface area contributed by atoms with Gasteiger partial charge >= 0.3 is 0 Å². The van der Waals surface area contributed by atoms with Crippen molar-refractivity contribution in [3.05, 3.63) is 89.6 Å². The number of amides is 1. The Balaban J connectivity index is 1.74. The van der Waals surface area contributed by atoms with E-state index < -0.39 is 0 Å². The van der Waals surface area contributed by atoms with Gasteiger partial charge in [0.05, 0.1) is 20.3 Å². The molecule has 1 amide bonds. The fraction of sp³-hybridized carbons (Fsp3) is 0.160. The quantitative estimate of drug-likeness (QED) is 0.489. The predicted molar refractivity (Wildman–Crippen MR) is 118 cm³/mol. The van der Waals surface area contributed by atoms with Gasteiger partial charge in [-0.3, -0.25) is 9.69 Å². The van der Waals surface area contributed by atoms with E-state index in [1.54, 1.807) is 14.2 Å². The van der Waals surface area contributed by atoms with Crippen LogP contribution in [0.1, 0.15) is 27.7 Å². The van der Waals surface area contributed by atoms with Crippen LogP contribution in [0, 0.1) is 0 Å². The first-order valence-corrected chi connectivity index (χ1v) is 9.83. The Labute approximate surface area is 175 Å². The lowest BCUT2D eigenvalue weighted by molar-refractivity contribution is 0.0986. The summed E-state index contributed by atoms with van der Waals surface area (Å²) in [7, 11) is 5.25. The first kappa shape index (κ1) is 18.3. The number of hydrogen-bond acceptors (Lipinski definition) is 3. The standard InChI is InChI=1S/C25H22N2O3/c1-26-21-7-5-4-6-20(21)22-23(16-8-12-18(29-2)13-9-16)27(25(28)24(22)26)17-10-14-19(30-3)15-11-17/h4-15,23H,1-3H3/t23-/m0/s1. The van der Waals surface area contributed by atoms with Crippen molar-refractivity contribution in [2.45, 2.75) is 6.04 Å². The van der Waals surface area contributed by atoms with Crippen LogP contribution in [-0.4, -0.2) is 24.7 Å². The zero-order valence-corrected chi connectivity index (χ0v) is 17.1. The highest BCUT2D eigenvalue weighted by molar-refractivity contribution is 6.15. The number of carbonyl (C=O) groups is 1. The van der Waals surface area contributed by atoms with Crippen molar-refractivity contribution in [1.82, 2.24) is 4.57 Å². The molecular weight excluding hydrogens is 376 g/mol. The van der Waals surface area contributed by atoms with Crippen molar-refractivity contribution < 1.29 is 14.3 Å². The Bertz CT molecular complexity index is 1240. The lowest BCUT2D eigenvalue weighted by Crippen LogP contribution is -2.29. The molecule has 30 heavy (non-hydrogen) atoms. The van der Waals surface area contributed by atoms with Gasteiger partial charge in [-0.2, -0.15) is 0 Å². The van der Waals surface area contributed by atoms with Crippen LogP contribution in [0.15, 0.2) is 72.8 Å². The molecule has 1 aliphatic rings. The molecule has 0 N–H and O–H groups in total. The van der Waals surface area contributed by atoms with Crippen LogP contribution in [-0.2, 0) is 7.05 Å². The molecule has 0 radical (unpaired) electrons. The van der Waals surface area contributed by atoms with Crippen LogP contribution >= 0.6 is 0 Å². The Morgan fingerprint density at radius 1 is 0.800 bits per heavy atom. The van der Waals surface area contributed by atoms with Crippen LogP contribution in [0.5, 0.6) is 11.5 Å². The number of ether oxygens (including phenoxy) is 2. The molecule has 2 heterocycles. The molecule has 1 aromatic heterocycles. The second-order valence-corrected chi connectivity index (χ2v) is 7.39. The van der Waals surface area contributed by atoms with Gasteiger partial charge in [0.2, 0.25) is 0 Å². The summed E-state index contributed by atoms with van der Waals surface area (Å²) >= 11 is 0.